The molecule has 4 heteroatoms. The van der Waals surface area contributed by atoms with Gasteiger partial charge in [0.15, 0.2) is 0 Å². The molecule has 0 aromatic carbocycles. The van der Waals surface area contributed by atoms with Crippen molar-refractivity contribution in [2.45, 2.75) is 64.8 Å². The number of carbonyl (C=O) groups is 1. The van der Waals surface area contributed by atoms with Gasteiger partial charge in [-0.05, 0) is 51.7 Å². The molecule has 0 spiro atoms. The van der Waals surface area contributed by atoms with Crippen molar-refractivity contribution >= 4 is 5.91 Å². The minimum Gasteiger partial charge on any atom is -0.338 e. The molecule has 0 heterocycles. The standard InChI is InChI=1S/C17H35N3O/c1-17(2,11-12-18)10-9-16(21)20(14-13-19(3)4)15-7-5-6-8-15/h15H,5-14,18H2,1-4H3. The number of hydrogen-bond donors (Lipinski definition) is 1. The van der Waals surface area contributed by atoms with Crippen molar-refractivity contribution in [3.63, 3.8) is 0 Å². The Morgan fingerprint density at radius 2 is 1.76 bits per heavy atom. The minimum atomic E-state index is 0.174. The molecule has 0 radical (unpaired) electrons. The molecule has 0 aromatic rings. The van der Waals surface area contributed by atoms with Gasteiger partial charge in [0.1, 0.15) is 0 Å². The van der Waals surface area contributed by atoms with Crippen LogP contribution in [0, 0.1) is 5.41 Å². The first kappa shape index (κ1) is 18.4. The second-order valence-corrected chi connectivity index (χ2v) is 7.53. The largest absolute Gasteiger partial charge is 0.338 e. The predicted octanol–water partition coefficient (Wildman–Crippen LogP) is 2.47. The zero-order chi connectivity index (χ0) is 15.9. The van der Waals surface area contributed by atoms with Crippen LogP contribution in [0.15, 0.2) is 0 Å². The van der Waals surface area contributed by atoms with Crippen molar-refractivity contribution in [2.75, 3.05) is 33.7 Å². The fraction of sp³-hybridized carbons (Fsp3) is 0.941. The van der Waals surface area contributed by atoms with Crippen LogP contribution in [0.3, 0.4) is 0 Å². The van der Waals surface area contributed by atoms with Crippen LogP contribution in [0.4, 0.5) is 0 Å². The zero-order valence-corrected chi connectivity index (χ0v) is 14.5. The molecule has 1 fully saturated rings. The van der Waals surface area contributed by atoms with E-state index in [2.05, 4.69) is 37.7 Å². The van der Waals surface area contributed by atoms with E-state index in [1.165, 1.54) is 25.7 Å². The third kappa shape index (κ3) is 6.79. The summed E-state index contributed by atoms with van der Waals surface area (Å²) in [5.41, 5.74) is 5.83. The van der Waals surface area contributed by atoms with Crippen molar-refractivity contribution < 1.29 is 4.79 Å². The fourth-order valence-corrected chi connectivity index (χ4v) is 3.14. The lowest BCUT2D eigenvalue weighted by molar-refractivity contribution is -0.134. The van der Waals surface area contributed by atoms with Gasteiger partial charge < -0.3 is 15.5 Å². The van der Waals surface area contributed by atoms with Crippen LogP contribution >= 0.6 is 0 Å². The van der Waals surface area contributed by atoms with Crippen molar-refractivity contribution in [1.82, 2.24) is 9.80 Å². The second-order valence-electron chi connectivity index (χ2n) is 7.53. The summed E-state index contributed by atoms with van der Waals surface area (Å²) in [5, 5.41) is 0. The van der Waals surface area contributed by atoms with E-state index in [-0.39, 0.29) is 5.41 Å². The van der Waals surface area contributed by atoms with E-state index in [1.807, 2.05) is 0 Å². The lowest BCUT2D eigenvalue weighted by atomic mass is 9.84. The number of nitrogens with two attached hydrogens (primary N) is 1. The Morgan fingerprint density at radius 1 is 1.14 bits per heavy atom. The Kier molecular flexibility index (Phi) is 7.67. The maximum absolute atomic E-state index is 12.7. The summed E-state index contributed by atoms with van der Waals surface area (Å²) >= 11 is 0. The van der Waals surface area contributed by atoms with E-state index in [9.17, 15) is 4.79 Å². The number of likely N-dealkylation sites (N-methyl/N-ethyl adjacent to an activating group) is 1. The summed E-state index contributed by atoms with van der Waals surface area (Å²) in [6.45, 7) is 6.95. The second kappa shape index (κ2) is 8.74. The van der Waals surface area contributed by atoms with Crippen LogP contribution in [-0.2, 0) is 4.79 Å². The molecule has 0 saturated heterocycles. The van der Waals surface area contributed by atoms with Gasteiger partial charge in [-0.1, -0.05) is 26.7 Å². The van der Waals surface area contributed by atoms with Gasteiger partial charge in [0.2, 0.25) is 5.91 Å². The normalized spacial score (nSPS) is 16.7. The number of carbonyl (C=O) groups excluding carboxylic acids is 1. The molecule has 0 atom stereocenters. The van der Waals surface area contributed by atoms with Crippen LogP contribution < -0.4 is 5.73 Å². The highest BCUT2D eigenvalue weighted by atomic mass is 16.2. The topological polar surface area (TPSA) is 49.6 Å². The van der Waals surface area contributed by atoms with E-state index < -0.39 is 0 Å². The average molecular weight is 297 g/mol. The summed E-state index contributed by atoms with van der Waals surface area (Å²) in [6, 6.07) is 0.482. The van der Waals surface area contributed by atoms with Gasteiger partial charge in [-0.25, -0.2) is 0 Å². The highest BCUT2D eigenvalue weighted by Crippen LogP contribution is 2.28. The first-order valence-electron chi connectivity index (χ1n) is 8.50. The summed E-state index contributed by atoms with van der Waals surface area (Å²) < 4.78 is 0. The summed E-state index contributed by atoms with van der Waals surface area (Å²) in [7, 11) is 4.14. The van der Waals surface area contributed by atoms with Crippen LogP contribution in [0.2, 0.25) is 0 Å². The van der Waals surface area contributed by atoms with Crippen molar-refractivity contribution in [2.24, 2.45) is 11.1 Å². The molecule has 124 valence electrons. The zero-order valence-electron chi connectivity index (χ0n) is 14.5. The van der Waals surface area contributed by atoms with E-state index in [1.54, 1.807) is 0 Å². The van der Waals surface area contributed by atoms with Crippen molar-refractivity contribution in [1.29, 1.82) is 0 Å². The van der Waals surface area contributed by atoms with Gasteiger partial charge in [-0.3, -0.25) is 4.79 Å². The van der Waals surface area contributed by atoms with Crippen molar-refractivity contribution in [3.8, 4) is 0 Å². The van der Waals surface area contributed by atoms with E-state index in [0.29, 0.717) is 24.9 Å². The Bertz CT molecular complexity index is 309. The first-order valence-corrected chi connectivity index (χ1v) is 8.50. The molecule has 1 amide bonds. The molecule has 2 N–H and O–H groups in total. The monoisotopic (exact) mass is 297 g/mol. The van der Waals surface area contributed by atoms with E-state index >= 15 is 0 Å². The molecule has 0 aromatic heterocycles. The lowest BCUT2D eigenvalue weighted by Crippen LogP contribution is -2.43. The van der Waals surface area contributed by atoms with Gasteiger partial charge in [0, 0.05) is 25.6 Å². The van der Waals surface area contributed by atoms with Gasteiger partial charge in [0.25, 0.3) is 0 Å². The average Bonchev–Trinajstić information content (AvgIpc) is 2.90. The molecule has 21 heavy (non-hydrogen) atoms. The van der Waals surface area contributed by atoms with Crippen LogP contribution in [0.25, 0.3) is 0 Å². The quantitative estimate of drug-likeness (QED) is 0.711. The number of nitrogens with zero attached hydrogens (tertiary/aromatic N) is 2. The maximum Gasteiger partial charge on any atom is 0.222 e. The van der Waals surface area contributed by atoms with Crippen LogP contribution in [0.1, 0.15) is 58.8 Å². The molecule has 1 rings (SSSR count). The van der Waals surface area contributed by atoms with E-state index in [0.717, 1.165) is 25.9 Å². The first-order chi connectivity index (χ1) is 9.85. The smallest absolute Gasteiger partial charge is 0.222 e. The number of hydrogen-bond acceptors (Lipinski definition) is 3. The fourth-order valence-electron chi connectivity index (χ4n) is 3.14. The molecule has 0 unspecified atom stereocenters. The van der Waals surface area contributed by atoms with Gasteiger partial charge >= 0.3 is 0 Å². The number of amides is 1. The van der Waals surface area contributed by atoms with E-state index in [4.69, 9.17) is 5.73 Å². The minimum absolute atomic E-state index is 0.174. The number of rotatable bonds is 9. The Labute approximate surface area is 131 Å². The van der Waals surface area contributed by atoms with Gasteiger partial charge in [0.05, 0.1) is 0 Å². The molecule has 1 aliphatic rings. The summed E-state index contributed by atoms with van der Waals surface area (Å²) in [5.74, 6) is 0.342. The molecule has 1 saturated carbocycles. The lowest BCUT2D eigenvalue weighted by Gasteiger charge is -2.32. The Morgan fingerprint density at radius 3 is 2.29 bits per heavy atom. The highest BCUT2D eigenvalue weighted by molar-refractivity contribution is 5.76. The molecular weight excluding hydrogens is 262 g/mol. The molecular formula is C17H35N3O. The van der Waals surface area contributed by atoms with Crippen LogP contribution in [-0.4, -0.2) is 55.5 Å². The Balaban J connectivity index is 2.53. The SMILES string of the molecule is CN(C)CCN(C(=O)CCC(C)(C)CCN)C1CCCC1. The molecule has 1 aliphatic carbocycles. The van der Waals surface area contributed by atoms with Gasteiger partial charge in [-0.2, -0.15) is 0 Å². The Hall–Kier alpha value is -0.610. The third-order valence-electron chi connectivity index (χ3n) is 4.71. The summed E-state index contributed by atoms with van der Waals surface area (Å²) in [6.07, 6.45) is 7.51. The molecule has 4 nitrogen and oxygen atoms in total. The summed E-state index contributed by atoms with van der Waals surface area (Å²) in [4.78, 5) is 17.0. The molecule has 0 bridgehead atoms. The predicted molar refractivity (Wildman–Crippen MR) is 89.2 cm³/mol. The maximum atomic E-state index is 12.7. The molecule has 0 aliphatic heterocycles. The van der Waals surface area contributed by atoms with Crippen LogP contribution in [0.5, 0.6) is 0 Å². The van der Waals surface area contributed by atoms with Crippen molar-refractivity contribution in [3.05, 3.63) is 0 Å². The highest BCUT2D eigenvalue weighted by Gasteiger charge is 2.27. The van der Waals surface area contributed by atoms with Gasteiger partial charge in [-0.15, -0.1) is 0 Å². The third-order valence-corrected chi connectivity index (χ3v) is 4.71.